The van der Waals surface area contributed by atoms with Crippen LogP contribution in [0.25, 0.3) is 12.2 Å². The average molecular weight is 286 g/mol. The molecule has 0 spiro atoms. The normalized spacial score (nSPS) is 10.7. The van der Waals surface area contributed by atoms with Crippen LogP contribution in [0.2, 0.25) is 0 Å². The van der Waals surface area contributed by atoms with Crippen LogP contribution in [0, 0.1) is 0 Å². The summed E-state index contributed by atoms with van der Waals surface area (Å²) in [4.78, 5) is 0. The van der Waals surface area contributed by atoms with Gasteiger partial charge in [-0.1, -0.05) is 6.08 Å². The highest BCUT2D eigenvalue weighted by atomic mass is 16.5. The standard InChI is InChI=1S/C17H20NO3/c1-18-9-5-6-13(12-18)7-8-14-10-15(19-2)17(21-4)16(11-14)20-3/h5-12H,1-4H3/q+1/b8-7+. The third-order valence-corrected chi connectivity index (χ3v) is 3.12. The maximum Gasteiger partial charge on any atom is 0.203 e. The molecule has 0 aliphatic carbocycles. The lowest BCUT2D eigenvalue weighted by atomic mass is 10.1. The van der Waals surface area contributed by atoms with Gasteiger partial charge >= 0.3 is 0 Å². The van der Waals surface area contributed by atoms with Gasteiger partial charge in [-0.3, -0.25) is 0 Å². The van der Waals surface area contributed by atoms with Gasteiger partial charge in [-0.25, -0.2) is 4.57 Å². The fraction of sp³-hybridized carbons (Fsp3) is 0.235. The van der Waals surface area contributed by atoms with E-state index in [1.165, 1.54) is 0 Å². The van der Waals surface area contributed by atoms with Crippen molar-refractivity contribution in [3.63, 3.8) is 0 Å². The lowest BCUT2D eigenvalue weighted by Crippen LogP contribution is -2.26. The molecule has 0 atom stereocenters. The van der Waals surface area contributed by atoms with E-state index in [-0.39, 0.29) is 0 Å². The van der Waals surface area contributed by atoms with Gasteiger partial charge in [0.25, 0.3) is 0 Å². The van der Waals surface area contributed by atoms with E-state index in [1.807, 2.05) is 48.2 Å². The van der Waals surface area contributed by atoms with Crippen molar-refractivity contribution in [1.29, 1.82) is 0 Å². The van der Waals surface area contributed by atoms with Crippen LogP contribution in [0.3, 0.4) is 0 Å². The van der Waals surface area contributed by atoms with Crippen LogP contribution < -0.4 is 18.8 Å². The van der Waals surface area contributed by atoms with Gasteiger partial charge in [0.2, 0.25) is 5.75 Å². The van der Waals surface area contributed by atoms with Gasteiger partial charge in [0, 0.05) is 11.6 Å². The van der Waals surface area contributed by atoms with Crippen molar-refractivity contribution >= 4 is 12.2 Å². The van der Waals surface area contributed by atoms with E-state index in [0.717, 1.165) is 11.1 Å². The van der Waals surface area contributed by atoms with Crippen LogP contribution in [0.15, 0.2) is 36.7 Å². The molecule has 0 aliphatic rings. The number of hydrogen-bond donors (Lipinski definition) is 0. The summed E-state index contributed by atoms with van der Waals surface area (Å²) in [6.45, 7) is 0. The number of ether oxygens (including phenoxy) is 3. The van der Waals surface area contributed by atoms with Crippen molar-refractivity contribution in [1.82, 2.24) is 0 Å². The van der Waals surface area contributed by atoms with Gasteiger partial charge < -0.3 is 14.2 Å². The Hall–Kier alpha value is -2.49. The van der Waals surface area contributed by atoms with Gasteiger partial charge in [-0.15, -0.1) is 0 Å². The second-order valence-corrected chi connectivity index (χ2v) is 4.59. The van der Waals surface area contributed by atoms with Crippen molar-refractivity contribution in [3.8, 4) is 17.2 Å². The fourth-order valence-electron chi connectivity index (χ4n) is 2.10. The number of aromatic nitrogens is 1. The predicted octanol–water partition coefficient (Wildman–Crippen LogP) is 2.71. The first kappa shape index (κ1) is 14.9. The van der Waals surface area contributed by atoms with Crippen LogP contribution in [-0.2, 0) is 7.05 Å². The molecule has 2 rings (SSSR count). The molecule has 1 heterocycles. The number of benzene rings is 1. The highest BCUT2D eigenvalue weighted by Gasteiger charge is 2.11. The van der Waals surface area contributed by atoms with Crippen molar-refractivity contribution in [2.45, 2.75) is 0 Å². The molecule has 0 amide bonds. The Morgan fingerprint density at radius 3 is 2.05 bits per heavy atom. The molecule has 0 fully saturated rings. The first-order chi connectivity index (χ1) is 10.2. The molecule has 0 radical (unpaired) electrons. The molecule has 0 aliphatic heterocycles. The topological polar surface area (TPSA) is 31.6 Å². The minimum absolute atomic E-state index is 0.600. The highest BCUT2D eigenvalue weighted by molar-refractivity contribution is 5.72. The van der Waals surface area contributed by atoms with Gasteiger partial charge in [0.05, 0.1) is 21.3 Å². The number of aryl methyl sites for hydroxylation is 1. The Morgan fingerprint density at radius 2 is 1.52 bits per heavy atom. The summed E-state index contributed by atoms with van der Waals surface area (Å²) < 4.78 is 18.0. The van der Waals surface area contributed by atoms with Gasteiger partial charge in [0.1, 0.15) is 7.05 Å². The summed E-state index contributed by atoms with van der Waals surface area (Å²) in [6, 6.07) is 7.89. The lowest BCUT2D eigenvalue weighted by molar-refractivity contribution is -0.671. The van der Waals surface area contributed by atoms with Crippen molar-refractivity contribution in [3.05, 3.63) is 47.8 Å². The third-order valence-electron chi connectivity index (χ3n) is 3.12. The van der Waals surface area contributed by atoms with Crippen LogP contribution in [0.5, 0.6) is 17.2 Å². The van der Waals surface area contributed by atoms with Crippen LogP contribution in [0.1, 0.15) is 11.1 Å². The first-order valence-electron chi connectivity index (χ1n) is 6.61. The molecule has 21 heavy (non-hydrogen) atoms. The van der Waals surface area contributed by atoms with E-state index in [9.17, 15) is 0 Å². The number of hydrogen-bond acceptors (Lipinski definition) is 3. The molecule has 1 aromatic heterocycles. The fourth-order valence-corrected chi connectivity index (χ4v) is 2.10. The van der Waals surface area contributed by atoms with Crippen molar-refractivity contribution in [2.24, 2.45) is 7.05 Å². The quantitative estimate of drug-likeness (QED) is 0.792. The maximum atomic E-state index is 5.35. The molecule has 0 saturated carbocycles. The molecule has 0 bridgehead atoms. The van der Waals surface area contributed by atoms with E-state index >= 15 is 0 Å². The van der Waals surface area contributed by atoms with Gasteiger partial charge in [0.15, 0.2) is 23.9 Å². The van der Waals surface area contributed by atoms with E-state index in [4.69, 9.17) is 14.2 Å². The minimum atomic E-state index is 0.600. The second kappa shape index (κ2) is 6.79. The molecule has 0 unspecified atom stereocenters. The van der Waals surface area contributed by atoms with E-state index in [1.54, 1.807) is 21.3 Å². The highest BCUT2D eigenvalue weighted by Crippen LogP contribution is 2.38. The lowest BCUT2D eigenvalue weighted by Gasteiger charge is -2.12. The molecular formula is C17H20NO3+. The number of nitrogens with zero attached hydrogens (tertiary/aromatic N) is 1. The zero-order valence-electron chi connectivity index (χ0n) is 12.8. The van der Waals surface area contributed by atoms with E-state index in [0.29, 0.717) is 17.2 Å². The summed E-state index contributed by atoms with van der Waals surface area (Å²) >= 11 is 0. The van der Waals surface area contributed by atoms with Gasteiger partial charge in [-0.2, -0.15) is 0 Å². The van der Waals surface area contributed by atoms with E-state index in [2.05, 4.69) is 12.3 Å². The largest absolute Gasteiger partial charge is 0.493 e. The van der Waals surface area contributed by atoms with Crippen LogP contribution in [-0.4, -0.2) is 21.3 Å². The Labute approximate surface area is 125 Å². The summed E-state index contributed by atoms with van der Waals surface area (Å²) in [5, 5.41) is 0. The first-order valence-corrected chi connectivity index (χ1v) is 6.61. The molecule has 2 aromatic rings. The summed E-state index contributed by atoms with van der Waals surface area (Å²) in [5.41, 5.74) is 2.10. The average Bonchev–Trinajstić information content (AvgIpc) is 2.51. The minimum Gasteiger partial charge on any atom is -0.493 e. The smallest absolute Gasteiger partial charge is 0.203 e. The molecular weight excluding hydrogens is 266 g/mol. The molecule has 110 valence electrons. The number of pyridine rings is 1. The Kier molecular flexibility index (Phi) is 4.82. The molecule has 0 saturated heterocycles. The number of rotatable bonds is 5. The maximum absolute atomic E-state index is 5.35. The van der Waals surface area contributed by atoms with Crippen molar-refractivity contribution in [2.75, 3.05) is 21.3 Å². The predicted molar refractivity (Wildman–Crippen MR) is 82.6 cm³/mol. The van der Waals surface area contributed by atoms with Crippen LogP contribution >= 0.6 is 0 Å². The molecule has 4 heteroatoms. The zero-order valence-corrected chi connectivity index (χ0v) is 12.8. The summed E-state index contributed by atoms with van der Waals surface area (Å²) in [7, 11) is 6.82. The van der Waals surface area contributed by atoms with Crippen molar-refractivity contribution < 1.29 is 18.8 Å². The SMILES string of the molecule is COc1cc(/C=C/c2ccc[n+](C)c2)cc(OC)c1OC. The Bertz CT molecular complexity index is 625. The summed E-state index contributed by atoms with van der Waals surface area (Å²) in [5.74, 6) is 1.90. The molecule has 0 N–H and O–H groups in total. The zero-order chi connectivity index (χ0) is 15.2. The second-order valence-electron chi connectivity index (χ2n) is 4.59. The monoisotopic (exact) mass is 286 g/mol. The molecule has 1 aromatic carbocycles. The van der Waals surface area contributed by atoms with Crippen LogP contribution in [0.4, 0.5) is 0 Å². The van der Waals surface area contributed by atoms with Gasteiger partial charge in [-0.05, 0) is 29.8 Å². The summed E-state index contributed by atoms with van der Waals surface area (Å²) in [6.07, 6.45) is 8.10. The van der Waals surface area contributed by atoms with E-state index < -0.39 is 0 Å². The Morgan fingerprint density at radius 1 is 0.905 bits per heavy atom. The number of methoxy groups -OCH3 is 3. The molecule has 4 nitrogen and oxygen atoms in total. The Balaban J connectivity index is 2.36. The third kappa shape index (κ3) is 3.54.